The molecule has 0 atom stereocenters. The number of hydrogen-bond donors (Lipinski definition) is 2. The second kappa shape index (κ2) is 4.95. The Labute approximate surface area is 111 Å². The second-order valence-corrected chi connectivity index (χ2v) is 4.55. The second-order valence-electron chi connectivity index (χ2n) is 3.69. The lowest BCUT2D eigenvalue weighted by molar-refractivity contribution is 0.0604. The van der Waals surface area contributed by atoms with Gasteiger partial charge in [-0.05, 0) is 22.0 Å². The van der Waals surface area contributed by atoms with Crippen LogP contribution >= 0.6 is 15.9 Å². The average Bonchev–Trinajstić information content (AvgIpc) is 2.73. The van der Waals surface area contributed by atoms with Gasteiger partial charge in [0.2, 0.25) is 0 Å². The summed E-state index contributed by atoms with van der Waals surface area (Å²) >= 11 is 3.35. The van der Waals surface area contributed by atoms with Gasteiger partial charge < -0.3 is 15.6 Å². The van der Waals surface area contributed by atoms with Gasteiger partial charge in [-0.15, -0.1) is 0 Å². The summed E-state index contributed by atoms with van der Waals surface area (Å²) in [5.74, 6) is -0.506. The van der Waals surface area contributed by atoms with E-state index in [0.717, 1.165) is 0 Å². The van der Waals surface area contributed by atoms with Gasteiger partial charge >= 0.3 is 5.97 Å². The molecule has 0 saturated heterocycles. The van der Waals surface area contributed by atoms with E-state index >= 15 is 0 Å². The summed E-state index contributed by atoms with van der Waals surface area (Å²) in [6, 6.07) is 1.62. The van der Waals surface area contributed by atoms with Crippen LogP contribution in [0.2, 0.25) is 0 Å². The van der Waals surface area contributed by atoms with Crippen molar-refractivity contribution in [3.63, 3.8) is 0 Å². The Morgan fingerprint density at radius 2 is 2.39 bits per heavy atom. The number of methoxy groups -OCH3 is 1. The van der Waals surface area contributed by atoms with E-state index in [2.05, 4.69) is 21.0 Å². The Morgan fingerprint density at radius 3 is 3.00 bits per heavy atom. The molecule has 7 heteroatoms. The summed E-state index contributed by atoms with van der Waals surface area (Å²) in [6.45, 7) is 0.316. The maximum absolute atomic E-state index is 11.7. The Kier molecular flexibility index (Phi) is 3.53. The number of hydrogen-bond acceptors (Lipinski definition) is 5. The lowest BCUT2D eigenvalue weighted by Gasteiger charge is -2.05. The molecule has 0 amide bonds. The van der Waals surface area contributed by atoms with Crippen LogP contribution in [-0.4, -0.2) is 34.6 Å². The fourth-order valence-corrected chi connectivity index (χ4v) is 2.30. The van der Waals surface area contributed by atoms with E-state index in [0.29, 0.717) is 33.2 Å². The molecule has 96 valence electrons. The number of anilines is 1. The van der Waals surface area contributed by atoms with Crippen LogP contribution in [0.25, 0.3) is 10.9 Å². The van der Waals surface area contributed by atoms with Crippen molar-refractivity contribution in [3.8, 4) is 0 Å². The maximum Gasteiger partial charge on any atom is 0.340 e. The molecule has 0 saturated carbocycles. The zero-order valence-electron chi connectivity index (χ0n) is 9.68. The molecule has 0 aliphatic carbocycles. The van der Waals surface area contributed by atoms with Crippen molar-refractivity contribution in [1.82, 2.24) is 9.78 Å². The predicted molar refractivity (Wildman–Crippen MR) is 70.3 cm³/mol. The minimum Gasteiger partial charge on any atom is -0.465 e. The van der Waals surface area contributed by atoms with Crippen molar-refractivity contribution >= 4 is 38.5 Å². The van der Waals surface area contributed by atoms with Crippen LogP contribution in [0, 0.1) is 0 Å². The number of nitrogens with zero attached hydrogens (tertiary/aromatic N) is 2. The summed E-state index contributed by atoms with van der Waals surface area (Å²) in [6.07, 6.45) is 1.67. The molecule has 1 aromatic carbocycles. The first-order valence-corrected chi connectivity index (χ1v) is 6.02. The van der Waals surface area contributed by atoms with Crippen LogP contribution in [0.4, 0.5) is 5.69 Å². The molecule has 0 spiro atoms. The van der Waals surface area contributed by atoms with Crippen LogP contribution in [-0.2, 0) is 11.3 Å². The van der Waals surface area contributed by atoms with E-state index in [1.807, 2.05) is 0 Å². The number of fused-ring (bicyclic) bond motifs is 1. The normalized spacial score (nSPS) is 10.8. The zero-order valence-corrected chi connectivity index (χ0v) is 11.3. The molecule has 0 aliphatic heterocycles. The quantitative estimate of drug-likeness (QED) is 0.655. The van der Waals surface area contributed by atoms with E-state index in [-0.39, 0.29) is 6.61 Å². The van der Waals surface area contributed by atoms with E-state index in [1.165, 1.54) is 7.11 Å². The lowest BCUT2D eigenvalue weighted by atomic mass is 10.1. The third-order valence-electron chi connectivity index (χ3n) is 2.55. The number of halogens is 1. The Hall–Kier alpha value is -1.60. The van der Waals surface area contributed by atoms with Gasteiger partial charge in [-0.25, -0.2) is 4.79 Å². The van der Waals surface area contributed by atoms with Crippen LogP contribution in [0.5, 0.6) is 0 Å². The van der Waals surface area contributed by atoms with Gasteiger partial charge in [0.05, 0.1) is 25.8 Å². The molecule has 0 aliphatic rings. The van der Waals surface area contributed by atoms with E-state index in [9.17, 15) is 4.79 Å². The minimum atomic E-state index is -0.506. The number of benzene rings is 1. The Morgan fingerprint density at radius 1 is 1.67 bits per heavy atom. The fraction of sp³-hybridized carbons (Fsp3) is 0.273. The molecule has 0 bridgehead atoms. The maximum atomic E-state index is 11.7. The van der Waals surface area contributed by atoms with Crippen molar-refractivity contribution in [2.24, 2.45) is 0 Å². The van der Waals surface area contributed by atoms with Crippen molar-refractivity contribution in [2.75, 3.05) is 19.5 Å². The van der Waals surface area contributed by atoms with Gasteiger partial charge in [0.15, 0.2) is 0 Å². The third kappa shape index (κ3) is 2.06. The monoisotopic (exact) mass is 313 g/mol. The van der Waals surface area contributed by atoms with Crippen LogP contribution in [0.3, 0.4) is 0 Å². The number of aliphatic hydroxyl groups is 1. The van der Waals surface area contributed by atoms with Crippen molar-refractivity contribution in [1.29, 1.82) is 0 Å². The van der Waals surface area contributed by atoms with Gasteiger partial charge in [0.1, 0.15) is 5.52 Å². The number of carbonyl (C=O) groups is 1. The van der Waals surface area contributed by atoms with Gasteiger partial charge in [-0.1, -0.05) is 0 Å². The Bertz CT molecular complexity index is 609. The summed E-state index contributed by atoms with van der Waals surface area (Å²) < 4.78 is 6.96. The molecule has 3 N–H and O–H groups in total. The molecule has 2 aromatic rings. The number of aromatic nitrogens is 2. The molecule has 6 nitrogen and oxygen atoms in total. The van der Waals surface area contributed by atoms with Crippen molar-refractivity contribution in [3.05, 3.63) is 22.3 Å². The highest BCUT2D eigenvalue weighted by Gasteiger charge is 2.19. The first-order valence-electron chi connectivity index (χ1n) is 5.22. The highest BCUT2D eigenvalue weighted by atomic mass is 79.9. The fourth-order valence-electron chi connectivity index (χ4n) is 1.76. The predicted octanol–water partition coefficient (Wildman–Crippen LogP) is 1.16. The van der Waals surface area contributed by atoms with Gasteiger partial charge in [0, 0.05) is 21.7 Å². The van der Waals surface area contributed by atoms with E-state index in [1.54, 1.807) is 16.9 Å². The van der Waals surface area contributed by atoms with Crippen molar-refractivity contribution < 1.29 is 14.6 Å². The number of carbonyl (C=O) groups excluding carboxylic acids is 1. The Balaban J connectivity index is 2.72. The third-order valence-corrected chi connectivity index (χ3v) is 3.15. The standard InChI is InChI=1S/C11H12BrN3O3/c1-18-11(17)9-6-5-15(2-3-16)14-10(6)7(12)4-8(9)13/h4-5,16H,2-3,13H2,1H3. The molecule has 18 heavy (non-hydrogen) atoms. The summed E-state index contributed by atoms with van der Waals surface area (Å²) in [5.41, 5.74) is 7.05. The molecule has 0 unspecified atom stereocenters. The number of esters is 1. The number of ether oxygens (including phenoxy) is 1. The molecule has 1 aromatic heterocycles. The molecular weight excluding hydrogens is 302 g/mol. The minimum absolute atomic E-state index is 0.0331. The van der Waals surface area contributed by atoms with E-state index in [4.69, 9.17) is 15.6 Å². The number of aliphatic hydroxyl groups excluding tert-OH is 1. The SMILES string of the molecule is COC(=O)c1c(N)cc(Br)c2nn(CCO)cc12. The highest BCUT2D eigenvalue weighted by Crippen LogP contribution is 2.31. The topological polar surface area (TPSA) is 90.4 Å². The lowest BCUT2D eigenvalue weighted by Crippen LogP contribution is -2.06. The molecule has 0 fully saturated rings. The summed E-state index contributed by atoms with van der Waals surface area (Å²) in [5, 5.41) is 13.8. The molecule has 0 radical (unpaired) electrons. The first kappa shape index (κ1) is 12.8. The summed E-state index contributed by atoms with van der Waals surface area (Å²) in [4.78, 5) is 11.7. The van der Waals surface area contributed by atoms with Crippen LogP contribution in [0.15, 0.2) is 16.7 Å². The first-order chi connectivity index (χ1) is 8.58. The van der Waals surface area contributed by atoms with Crippen LogP contribution < -0.4 is 5.73 Å². The van der Waals surface area contributed by atoms with Crippen molar-refractivity contribution in [2.45, 2.75) is 6.54 Å². The number of nitrogens with two attached hydrogens (primary N) is 1. The van der Waals surface area contributed by atoms with Gasteiger partial charge in [0.25, 0.3) is 0 Å². The largest absolute Gasteiger partial charge is 0.465 e. The molecule has 1 heterocycles. The van der Waals surface area contributed by atoms with Gasteiger partial charge in [-0.2, -0.15) is 5.10 Å². The van der Waals surface area contributed by atoms with E-state index < -0.39 is 5.97 Å². The smallest absolute Gasteiger partial charge is 0.340 e. The zero-order chi connectivity index (χ0) is 13.3. The summed E-state index contributed by atoms with van der Waals surface area (Å²) in [7, 11) is 1.30. The number of nitrogen functional groups attached to an aromatic ring is 1. The molecular formula is C11H12BrN3O3. The highest BCUT2D eigenvalue weighted by molar-refractivity contribution is 9.10. The van der Waals surface area contributed by atoms with Crippen LogP contribution in [0.1, 0.15) is 10.4 Å². The van der Waals surface area contributed by atoms with Gasteiger partial charge in [-0.3, -0.25) is 4.68 Å². The average molecular weight is 314 g/mol. The molecule has 2 rings (SSSR count). The number of rotatable bonds is 3.